The fourth-order valence-corrected chi connectivity index (χ4v) is 1.80. The van der Waals surface area contributed by atoms with Gasteiger partial charge in [0.1, 0.15) is 4.60 Å². The molecule has 1 N–H and O–H groups in total. The van der Waals surface area contributed by atoms with Gasteiger partial charge in [-0.3, -0.25) is 0 Å². The van der Waals surface area contributed by atoms with Gasteiger partial charge in [-0.25, -0.2) is 4.98 Å². The van der Waals surface area contributed by atoms with Crippen molar-refractivity contribution in [2.75, 3.05) is 0 Å². The predicted molar refractivity (Wildman–Crippen MR) is 63.1 cm³/mol. The highest BCUT2D eigenvalue weighted by molar-refractivity contribution is 9.10. The summed E-state index contributed by atoms with van der Waals surface area (Å²) in [5.41, 5.74) is 1.28. The topological polar surface area (TPSA) is 24.9 Å². The fourth-order valence-electron chi connectivity index (χ4n) is 1.39. The van der Waals surface area contributed by atoms with Crippen molar-refractivity contribution in [1.82, 2.24) is 10.3 Å². The third kappa shape index (κ3) is 3.76. The quantitative estimate of drug-likeness (QED) is 0.820. The molecular formula is C11H17BrN2. The molecule has 14 heavy (non-hydrogen) atoms. The van der Waals surface area contributed by atoms with Crippen LogP contribution in [0.3, 0.4) is 0 Å². The number of hydrogen-bond donors (Lipinski definition) is 1. The zero-order chi connectivity index (χ0) is 10.4. The summed E-state index contributed by atoms with van der Waals surface area (Å²) in [7, 11) is 0. The van der Waals surface area contributed by atoms with Crippen molar-refractivity contribution in [3.63, 3.8) is 0 Å². The second kappa shape index (κ2) is 6.14. The summed E-state index contributed by atoms with van der Waals surface area (Å²) < 4.78 is 0.904. The lowest BCUT2D eigenvalue weighted by Gasteiger charge is -2.14. The first-order chi connectivity index (χ1) is 6.76. The minimum absolute atomic E-state index is 0.627. The van der Waals surface area contributed by atoms with Gasteiger partial charge in [0, 0.05) is 18.8 Å². The Labute approximate surface area is 94.3 Å². The first-order valence-corrected chi connectivity index (χ1v) is 5.89. The second-order valence-electron chi connectivity index (χ2n) is 3.38. The van der Waals surface area contributed by atoms with Crippen molar-refractivity contribution in [3.8, 4) is 0 Å². The zero-order valence-electron chi connectivity index (χ0n) is 8.76. The lowest BCUT2D eigenvalue weighted by molar-refractivity contribution is 0.484. The lowest BCUT2D eigenvalue weighted by atomic mass is 10.1. The Hall–Kier alpha value is -0.410. The van der Waals surface area contributed by atoms with Gasteiger partial charge in [0.25, 0.3) is 0 Å². The first-order valence-electron chi connectivity index (χ1n) is 5.10. The molecule has 1 heterocycles. The maximum absolute atomic E-state index is 4.10. The van der Waals surface area contributed by atoms with Crippen molar-refractivity contribution >= 4 is 15.9 Å². The maximum atomic E-state index is 4.10. The number of rotatable bonds is 5. The van der Waals surface area contributed by atoms with E-state index in [9.17, 15) is 0 Å². The van der Waals surface area contributed by atoms with Crippen LogP contribution in [0.2, 0.25) is 0 Å². The van der Waals surface area contributed by atoms with Gasteiger partial charge in [-0.15, -0.1) is 0 Å². The molecule has 0 aliphatic heterocycles. The van der Waals surface area contributed by atoms with Gasteiger partial charge < -0.3 is 5.32 Å². The number of nitrogens with zero attached hydrogens (tertiary/aromatic N) is 1. The molecule has 78 valence electrons. The Morgan fingerprint density at radius 2 is 2.14 bits per heavy atom. The molecule has 1 aromatic rings. The molecule has 1 aromatic heterocycles. The van der Waals surface area contributed by atoms with Crippen LogP contribution in [0.4, 0.5) is 0 Å². The molecule has 0 amide bonds. The van der Waals surface area contributed by atoms with Crippen molar-refractivity contribution in [1.29, 1.82) is 0 Å². The van der Waals surface area contributed by atoms with E-state index in [1.807, 2.05) is 12.3 Å². The summed E-state index contributed by atoms with van der Waals surface area (Å²) in [6, 6.07) is 4.72. The summed E-state index contributed by atoms with van der Waals surface area (Å²) >= 11 is 3.36. The highest BCUT2D eigenvalue weighted by Crippen LogP contribution is 2.08. The molecule has 0 fully saturated rings. The van der Waals surface area contributed by atoms with Crippen molar-refractivity contribution in [2.24, 2.45) is 0 Å². The van der Waals surface area contributed by atoms with Gasteiger partial charge in [-0.2, -0.15) is 0 Å². The monoisotopic (exact) mass is 256 g/mol. The number of hydrogen-bond acceptors (Lipinski definition) is 2. The molecule has 0 aliphatic rings. The van der Waals surface area contributed by atoms with Gasteiger partial charge in [-0.1, -0.05) is 13.8 Å². The summed E-state index contributed by atoms with van der Waals surface area (Å²) in [5.74, 6) is 0. The average Bonchev–Trinajstić information content (AvgIpc) is 2.19. The Bertz CT molecular complexity index is 272. The van der Waals surface area contributed by atoms with Crippen molar-refractivity contribution < 1.29 is 0 Å². The molecule has 0 spiro atoms. The van der Waals surface area contributed by atoms with Crippen LogP contribution in [0.5, 0.6) is 0 Å². The van der Waals surface area contributed by atoms with Gasteiger partial charge >= 0.3 is 0 Å². The molecule has 0 saturated heterocycles. The molecule has 0 saturated carbocycles. The van der Waals surface area contributed by atoms with Crippen LogP contribution >= 0.6 is 15.9 Å². The molecule has 1 rings (SSSR count). The number of pyridine rings is 1. The van der Waals surface area contributed by atoms with E-state index >= 15 is 0 Å². The molecule has 0 radical (unpaired) electrons. The standard InChI is InChI=1S/C11H17BrN2/c1-3-10(4-2)14-8-9-5-6-13-11(12)7-9/h5-7,10,14H,3-4,8H2,1-2H3. The Morgan fingerprint density at radius 1 is 1.43 bits per heavy atom. The van der Waals surface area contributed by atoms with E-state index in [1.54, 1.807) is 0 Å². The second-order valence-corrected chi connectivity index (χ2v) is 4.19. The number of nitrogens with one attached hydrogen (secondary N) is 1. The molecular weight excluding hydrogens is 240 g/mol. The number of aromatic nitrogens is 1. The Kier molecular flexibility index (Phi) is 5.12. The van der Waals surface area contributed by atoms with Gasteiger partial charge in [-0.05, 0) is 46.5 Å². The van der Waals surface area contributed by atoms with Crippen LogP contribution < -0.4 is 5.32 Å². The highest BCUT2D eigenvalue weighted by Gasteiger charge is 2.02. The van der Waals surface area contributed by atoms with Gasteiger partial charge in [0.05, 0.1) is 0 Å². The lowest BCUT2D eigenvalue weighted by Crippen LogP contribution is -2.26. The van der Waals surface area contributed by atoms with Gasteiger partial charge in [0.15, 0.2) is 0 Å². The van der Waals surface area contributed by atoms with E-state index in [-0.39, 0.29) is 0 Å². The Balaban J connectivity index is 2.44. The minimum atomic E-state index is 0.627. The van der Waals surface area contributed by atoms with Crippen LogP contribution in [-0.2, 0) is 6.54 Å². The van der Waals surface area contributed by atoms with Crippen LogP contribution in [-0.4, -0.2) is 11.0 Å². The first kappa shape index (κ1) is 11.7. The molecule has 0 bridgehead atoms. The molecule has 0 atom stereocenters. The maximum Gasteiger partial charge on any atom is 0.106 e. The Morgan fingerprint density at radius 3 is 2.71 bits per heavy atom. The molecule has 0 aliphatic carbocycles. The van der Waals surface area contributed by atoms with Crippen molar-refractivity contribution in [2.45, 2.75) is 39.3 Å². The van der Waals surface area contributed by atoms with Crippen LogP contribution in [0.15, 0.2) is 22.9 Å². The van der Waals surface area contributed by atoms with E-state index in [1.165, 1.54) is 18.4 Å². The van der Waals surface area contributed by atoms with E-state index in [0.29, 0.717) is 6.04 Å². The largest absolute Gasteiger partial charge is 0.310 e. The molecule has 2 nitrogen and oxygen atoms in total. The van der Waals surface area contributed by atoms with E-state index < -0.39 is 0 Å². The normalized spacial score (nSPS) is 10.9. The molecule has 0 unspecified atom stereocenters. The molecule has 3 heteroatoms. The predicted octanol–water partition coefficient (Wildman–Crippen LogP) is 3.12. The van der Waals surface area contributed by atoms with Crippen LogP contribution in [0.1, 0.15) is 32.3 Å². The highest BCUT2D eigenvalue weighted by atomic mass is 79.9. The summed E-state index contributed by atoms with van der Waals surface area (Å²) in [6.07, 6.45) is 4.19. The minimum Gasteiger partial charge on any atom is -0.310 e. The summed E-state index contributed by atoms with van der Waals surface area (Å²) in [4.78, 5) is 4.10. The third-order valence-electron chi connectivity index (χ3n) is 2.37. The third-order valence-corrected chi connectivity index (χ3v) is 2.81. The van der Waals surface area contributed by atoms with E-state index in [2.05, 4.69) is 46.1 Å². The SMILES string of the molecule is CCC(CC)NCc1ccnc(Br)c1. The summed E-state index contributed by atoms with van der Waals surface area (Å²) in [6.45, 7) is 5.35. The van der Waals surface area contributed by atoms with Gasteiger partial charge in [0.2, 0.25) is 0 Å². The average molecular weight is 257 g/mol. The van der Waals surface area contributed by atoms with Crippen LogP contribution in [0.25, 0.3) is 0 Å². The smallest absolute Gasteiger partial charge is 0.106 e. The van der Waals surface area contributed by atoms with Crippen LogP contribution in [0, 0.1) is 0 Å². The van der Waals surface area contributed by atoms with Crippen molar-refractivity contribution in [3.05, 3.63) is 28.5 Å². The fraction of sp³-hybridized carbons (Fsp3) is 0.545. The summed E-state index contributed by atoms with van der Waals surface area (Å²) in [5, 5.41) is 3.51. The number of halogens is 1. The molecule has 0 aromatic carbocycles. The van der Waals surface area contributed by atoms with E-state index in [0.717, 1.165) is 11.1 Å². The zero-order valence-corrected chi connectivity index (χ0v) is 10.3. The van der Waals surface area contributed by atoms with E-state index in [4.69, 9.17) is 0 Å².